The Hall–Kier alpha value is -3.29. The van der Waals surface area contributed by atoms with Crippen LogP contribution in [0.15, 0.2) is 40.7 Å². The number of Topliss-reactive ketones (excluding diaryl/α,β-unsaturated/α-hetero) is 1. The average molecular weight is 440 g/mol. The van der Waals surface area contributed by atoms with Gasteiger partial charge in [0.1, 0.15) is 5.70 Å². The van der Waals surface area contributed by atoms with Crippen LogP contribution in [0.4, 0.5) is 0 Å². The number of nitrogens with one attached hydrogen (secondary N) is 1. The number of piperazine rings is 1. The highest BCUT2D eigenvalue weighted by Gasteiger charge is 2.48. The van der Waals surface area contributed by atoms with Crippen molar-refractivity contribution in [3.8, 4) is 11.5 Å². The van der Waals surface area contributed by atoms with E-state index in [1.165, 1.54) is 21.3 Å². The SMILES string of the molecule is COC(=O)C1=C2C(=O)NCCN2C2=C(C(=O)CC(C)(C)C2)[C@@H]1c1ccc(OC)c(OC)c1. The van der Waals surface area contributed by atoms with Crippen LogP contribution in [-0.2, 0) is 19.1 Å². The van der Waals surface area contributed by atoms with Crippen LogP contribution >= 0.6 is 0 Å². The van der Waals surface area contributed by atoms with Gasteiger partial charge >= 0.3 is 5.97 Å². The van der Waals surface area contributed by atoms with Crippen LogP contribution in [0.5, 0.6) is 11.5 Å². The molecule has 3 aliphatic rings. The minimum atomic E-state index is -0.740. The molecule has 0 bridgehead atoms. The first-order valence-corrected chi connectivity index (χ1v) is 10.6. The number of hydrogen-bond donors (Lipinski definition) is 1. The number of carbonyl (C=O) groups is 3. The summed E-state index contributed by atoms with van der Waals surface area (Å²) >= 11 is 0. The van der Waals surface area contributed by atoms with Gasteiger partial charge in [0.25, 0.3) is 5.91 Å². The molecule has 32 heavy (non-hydrogen) atoms. The Balaban J connectivity index is 2.02. The molecular weight excluding hydrogens is 412 g/mol. The molecular formula is C24H28N2O6. The van der Waals surface area contributed by atoms with E-state index < -0.39 is 11.9 Å². The Morgan fingerprint density at radius 3 is 2.47 bits per heavy atom. The number of amides is 1. The number of nitrogens with zero attached hydrogens (tertiary/aromatic N) is 1. The van der Waals surface area contributed by atoms with Crippen molar-refractivity contribution in [2.24, 2.45) is 5.41 Å². The van der Waals surface area contributed by atoms with Gasteiger partial charge in [-0.05, 0) is 29.5 Å². The van der Waals surface area contributed by atoms with Crippen LogP contribution < -0.4 is 14.8 Å². The molecule has 1 fully saturated rings. The predicted octanol–water partition coefficient (Wildman–Crippen LogP) is 2.30. The fourth-order valence-corrected chi connectivity index (χ4v) is 4.98. The van der Waals surface area contributed by atoms with E-state index >= 15 is 0 Å². The number of fused-ring (bicyclic) bond motifs is 2. The number of esters is 1. The number of ketones is 1. The van der Waals surface area contributed by atoms with Crippen molar-refractivity contribution < 1.29 is 28.6 Å². The molecule has 1 aliphatic carbocycles. The third kappa shape index (κ3) is 3.43. The standard InChI is InChI=1S/C24H28N2O6/c1-24(2)11-14-19(15(27)12-24)18(13-6-7-16(30-3)17(10-13)31-4)20(23(29)32-5)21-22(28)25-8-9-26(14)21/h6-7,10,18H,8-9,11-12H2,1-5H3,(H,25,28)/t18-/m0/s1. The molecule has 1 saturated heterocycles. The molecule has 0 unspecified atom stereocenters. The van der Waals surface area contributed by atoms with Crippen LogP contribution in [0, 0.1) is 5.41 Å². The normalized spacial score (nSPS) is 22.2. The largest absolute Gasteiger partial charge is 0.493 e. The van der Waals surface area contributed by atoms with E-state index in [1.54, 1.807) is 18.2 Å². The van der Waals surface area contributed by atoms with Crippen LogP contribution in [0.3, 0.4) is 0 Å². The number of rotatable bonds is 4. The first-order chi connectivity index (χ1) is 15.2. The number of benzene rings is 1. The number of allylic oxidation sites excluding steroid dienone is 2. The maximum absolute atomic E-state index is 13.5. The van der Waals surface area contributed by atoms with Crippen LogP contribution in [-0.4, -0.2) is 57.0 Å². The van der Waals surface area contributed by atoms with Crippen LogP contribution in [0.25, 0.3) is 0 Å². The molecule has 1 aromatic rings. The molecule has 0 radical (unpaired) electrons. The van der Waals surface area contributed by atoms with Gasteiger partial charge in [0.15, 0.2) is 17.3 Å². The van der Waals surface area contributed by atoms with Crippen LogP contribution in [0.2, 0.25) is 0 Å². The van der Waals surface area contributed by atoms with Crippen molar-refractivity contribution >= 4 is 17.7 Å². The van der Waals surface area contributed by atoms with Crippen molar-refractivity contribution in [1.29, 1.82) is 0 Å². The van der Waals surface area contributed by atoms with Crippen molar-refractivity contribution in [2.45, 2.75) is 32.6 Å². The Bertz CT molecular complexity index is 1070. The van der Waals surface area contributed by atoms with Crippen molar-refractivity contribution in [3.05, 3.63) is 46.3 Å². The van der Waals surface area contributed by atoms with Crippen molar-refractivity contribution in [3.63, 3.8) is 0 Å². The molecule has 0 spiro atoms. The lowest BCUT2D eigenvalue weighted by atomic mass is 9.67. The lowest BCUT2D eigenvalue weighted by molar-refractivity contribution is -0.137. The van der Waals surface area contributed by atoms with E-state index in [4.69, 9.17) is 14.2 Å². The van der Waals surface area contributed by atoms with Gasteiger partial charge in [0.2, 0.25) is 0 Å². The molecule has 4 rings (SSSR count). The van der Waals surface area contributed by atoms with Gasteiger partial charge in [-0.3, -0.25) is 9.59 Å². The maximum Gasteiger partial charge on any atom is 0.337 e. The number of carbonyl (C=O) groups excluding carboxylic acids is 3. The Kier molecular flexibility index (Phi) is 5.48. The first-order valence-electron chi connectivity index (χ1n) is 10.6. The van der Waals surface area contributed by atoms with Gasteiger partial charge in [0.05, 0.1) is 26.9 Å². The molecule has 1 amide bonds. The zero-order valence-electron chi connectivity index (χ0n) is 19.0. The molecule has 0 aromatic heterocycles. The Morgan fingerprint density at radius 2 is 1.81 bits per heavy atom. The monoisotopic (exact) mass is 440 g/mol. The molecule has 170 valence electrons. The van der Waals surface area contributed by atoms with Gasteiger partial charge in [-0.25, -0.2) is 4.79 Å². The summed E-state index contributed by atoms with van der Waals surface area (Å²) in [5, 5.41) is 2.83. The summed E-state index contributed by atoms with van der Waals surface area (Å²) in [7, 11) is 4.34. The summed E-state index contributed by atoms with van der Waals surface area (Å²) < 4.78 is 15.9. The zero-order valence-corrected chi connectivity index (χ0v) is 19.0. The number of methoxy groups -OCH3 is 3. The molecule has 1 atom stereocenters. The summed E-state index contributed by atoms with van der Waals surface area (Å²) in [6.07, 6.45) is 0.989. The lowest BCUT2D eigenvalue weighted by Crippen LogP contribution is -2.51. The average Bonchev–Trinajstić information content (AvgIpc) is 2.76. The van der Waals surface area contributed by atoms with Gasteiger partial charge in [-0.15, -0.1) is 0 Å². The topological polar surface area (TPSA) is 94.2 Å². The second-order valence-corrected chi connectivity index (χ2v) is 9.01. The maximum atomic E-state index is 13.5. The van der Waals surface area contributed by atoms with Gasteiger partial charge in [0, 0.05) is 36.7 Å². The van der Waals surface area contributed by atoms with E-state index in [0.717, 1.165) is 5.70 Å². The quantitative estimate of drug-likeness (QED) is 0.718. The third-order valence-corrected chi connectivity index (χ3v) is 6.31. The zero-order chi connectivity index (χ0) is 23.2. The van der Waals surface area contributed by atoms with Crippen LogP contribution in [0.1, 0.15) is 38.2 Å². The highest BCUT2D eigenvalue weighted by molar-refractivity contribution is 6.09. The molecule has 0 saturated carbocycles. The second-order valence-electron chi connectivity index (χ2n) is 9.01. The second kappa shape index (κ2) is 8.00. The van der Waals surface area contributed by atoms with E-state index in [-0.39, 0.29) is 28.4 Å². The van der Waals surface area contributed by atoms with Crippen molar-refractivity contribution in [2.75, 3.05) is 34.4 Å². The van der Waals surface area contributed by atoms with Gasteiger partial charge < -0.3 is 24.4 Å². The fourth-order valence-electron chi connectivity index (χ4n) is 4.98. The van der Waals surface area contributed by atoms with E-state index in [9.17, 15) is 14.4 Å². The minimum absolute atomic E-state index is 0.0255. The highest BCUT2D eigenvalue weighted by Crippen LogP contribution is 2.51. The van der Waals surface area contributed by atoms with E-state index in [2.05, 4.69) is 5.32 Å². The Labute approximate surface area is 187 Å². The molecule has 2 heterocycles. The summed E-state index contributed by atoms with van der Waals surface area (Å²) in [5.41, 5.74) is 2.20. The number of hydrogen-bond acceptors (Lipinski definition) is 7. The fraction of sp³-hybridized carbons (Fsp3) is 0.458. The summed E-state index contributed by atoms with van der Waals surface area (Å²) in [4.78, 5) is 41.4. The van der Waals surface area contributed by atoms with E-state index in [0.29, 0.717) is 48.6 Å². The highest BCUT2D eigenvalue weighted by atomic mass is 16.5. The molecule has 8 nitrogen and oxygen atoms in total. The van der Waals surface area contributed by atoms with Gasteiger partial charge in [-0.1, -0.05) is 19.9 Å². The Morgan fingerprint density at radius 1 is 1.09 bits per heavy atom. The molecule has 2 aliphatic heterocycles. The predicted molar refractivity (Wildman–Crippen MR) is 116 cm³/mol. The molecule has 1 aromatic carbocycles. The first kappa shape index (κ1) is 21.9. The van der Waals surface area contributed by atoms with E-state index in [1.807, 2.05) is 18.7 Å². The third-order valence-electron chi connectivity index (χ3n) is 6.31. The summed E-state index contributed by atoms with van der Waals surface area (Å²) in [6.45, 7) is 5.01. The van der Waals surface area contributed by atoms with Gasteiger partial charge in [-0.2, -0.15) is 0 Å². The molecule has 1 N–H and O–H groups in total. The summed E-state index contributed by atoms with van der Waals surface area (Å²) in [5.74, 6) is -0.740. The molecule has 8 heteroatoms. The minimum Gasteiger partial charge on any atom is -0.493 e. The number of ether oxygens (including phenoxy) is 3. The van der Waals surface area contributed by atoms with Crippen molar-refractivity contribution in [1.82, 2.24) is 10.2 Å². The lowest BCUT2D eigenvalue weighted by Gasteiger charge is -2.46. The smallest absolute Gasteiger partial charge is 0.337 e. The summed E-state index contributed by atoms with van der Waals surface area (Å²) in [6, 6.07) is 5.28.